The van der Waals surface area contributed by atoms with Gasteiger partial charge in [0.2, 0.25) is 0 Å². The van der Waals surface area contributed by atoms with Gasteiger partial charge in [0, 0.05) is 12.9 Å². The van der Waals surface area contributed by atoms with Gasteiger partial charge < -0.3 is 24.4 Å². The van der Waals surface area contributed by atoms with E-state index in [0.29, 0.717) is 0 Å². The van der Waals surface area contributed by atoms with Crippen LogP contribution < -0.4 is 0 Å². The fourth-order valence-electron chi connectivity index (χ4n) is 2.22. The molecule has 1 heterocycles. The second-order valence-corrected chi connectivity index (χ2v) is 6.03. The number of aliphatic hydroxyl groups excluding tert-OH is 1. The van der Waals surface area contributed by atoms with Crippen LogP contribution in [-0.4, -0.2) is 40.3 Å². The molecule has 6 nitrogen and oxygen atoms in total. The standard InChI is InChI=1S/C13H17O6P/c1-18-13-11(14)10(7-8-20(15,16)17)19-12(13)9-5-3-2-4-6-9/h2-8,10-14H,1H3,(H2,15,16,17)/b8-7+/t10-,11-,12+,13-/m1/s1. The molecule has 1 fully saturated rings. The van der Waals surface area contributed by atoms with Gasteiger partial charge in [-0.3, -0.25) is 4.57 Å². The highest BCUT2D eigenvalue weighted by molar-refractivity contribution is 7.55. The van der Waals surface area contributed by atoms with Gasteiger partial charge in [-0.1, -0.05) is 30.3 Å². The summed E-state index contributed by atoms with van der Waals surface area (Å²) in [5.41, 5.74) is 0.838. The van der Waals surface area contributed by atoms with Crippen LogP contribution in [0.2, 0.25) is 0 Å². The Morgan fingerprint density at radius 2 is 1.95 bits per heavy atom. The van der Waals surface area contributed by atoms with Crippen LogP contribution in [0.1, 0.15) is 11.7 Å². The molecule has 1 aromatic rings. The molecule has 0 aromatic heterocycles. The third-order valence-electron chi connectivity index (χ3n) is 3.15. The highest BCUT2D eigenvalue weighted by atomic mass is 31.2. The van der Waals surface area contributed by atoms with Crippen molar-refractivity contribution >= 4 is 7.60 Å². The molecule has 4 atom stereocenters. The van der Waals surface area contributed by atoms with Crippen LogP contribution in [0.5, 0.6) is 0 Å². The Morgan fingerprint density at radius 3 is 2.50 bits per heavy atom. The van der Waals surface area contributed by atoms with Gasteiger partial charge >= 0.3 is 7.60 Å². The predicted molar refractivity (Wildman–Crippen MR) is 72.0 cm³/mol. The third-order valence-corrected chi connectivity index (χ3v) is 3.71. The molecule has 1 saturated heterocycles. The van der Waals surface area contributed by atoms with Gasteiger partial charge in [0.25, 0.3) is 0 Å². The lowest BCUT2D eigenvalue weighted by Crippen LogP contribution is -2.31. The minimum absolute atomic E-state index is 0.484. The van der Waals surface area contributed by atoms with Crippen molar-refractivity contribution in [1.29, 1.82) is 0 Å². The quantitative estimate of drug-likeness (QED) is 0.723. The van der Waals surface area contributed by atoms with E-state index in [9.17, 15) is 9.67 Å². The summed E-state index contributed by atoms with van der Waals surface area (Å²) >= 11 is 0. The lowest BCUT2D eigenvalue weighted by molar-refractivity contribution is -0.0114. The van der Waals surface area contributed by atoms with Crippen molar-refractivity contribution in [1.82, 2.24) is 0 Å². The summed E-state index contributed by atoms with van der Waals surface area (Å²) in [4.78, 5) is 17.7. The number of benzene rings is 1. The lowest BCUT2D eigenvalue weighted by atomic mass is 10.0. The Morgan fingerprint density at radius 1 is 1.30 bits per heavy atom. The average Bonchev–Trinajstić information content (AvgIpc) is 2.73. The van der Waals surface area contributed by atoms with Crippen LogP contribution in [0.25, 0.3) is 0 Å². The molecule has 0 saturated carbocycles. The van der Waals surface area contributed by atoms with Crippen LogP contribution in [0, 0.1) is 0 Å². The summed E-state index contributed by atoms with van der Waals surface area (Å²) in [5.74, 6) is 0.737. The molecule has 7 heteroatoms. The Hall–Kier alpha value is -1.01. The second kappa shape index (κ2) is 6.18. The van der Waals surface area contributed by atoms with E-state index in [2.05, 4.69) is 0 Å². The molecular formula is C13H17O6P. The van der Waals surface area contributed by atoms with Crippen molar-refractivity contribution in [2.75, 3.05) is 7.11 Å². The molecule has 20 heavy (non-hydrogen) atoms. The predicted octanol–water partition coefficient (Wildman–Crippen LogP) is 1.19. The molecule has 0 unspecified atom stereocenters. The smallest absolute Gasteiger partial charge is 0.348 e. The maximum Gasteiger partial charge on any atom is 0.348 e. The second-order valence-electron chi connectivity index (χ2n) is 4.55. The van der Waals surface area contributed by atoms with Crippen molar-refractivity contribution < 1.29 is 28.9 Å². The van der Waals surface area contributed by atoms with Crippen LogP contribution in [0.4, 0.5) is 0 Å². The molecular weight excluding hydrogens is 283 g/mol. The van der Waals surface area contributed by atoms with E-state index in [-0.39, 0.29) is 0 Å². The normalized spacial score (nSPS) is 31.0. The zero-order chi connectivity index (χ0) is 14.8. The van der Waals surface area contributed by atoms with E-state index in [1.54, 1.807) is 0 Å². The summed E-state index contributed by atoms with van der Waals surface area (Å²) in [6, 6.07) is 9.24. The first-order chi connectivity index (χ1) is 9.42. The fraction of sp³-hybridized carbons (Fsp3) is 0.385. The van der Waals surface area contributed by atoms with Crippen molar-refractivity contribution in [2.24, 2.45) is 0 Å². The molecule has 2 rings (SSSR count). The van der Waals surface area contributed by atoms with Gasteiger partial charge in [-0.2, -0.15) is 0 Å². The van der Waals surface area contributed by atoms with Crippen LogP contribution in [0.15, 0.2) is 42.2 Å². The number of hydrogen-bond acceptors (Lipinski definition) is 4. The van der Waals surface area contributed by atoms with Gasteiger partial charge in [-0.25, -0.2) is 0 Å². The summed E-state index contributed by atoms with van der Waals surface area (Å²) in [6.45, 7) is 0. The van der Waals surface area contributed by atoms with Crippen molar-refractivity contribution in [3.8, 4) is 0 Å². The number of hydrogen-bond donors (Lipinski definition) is 3. The van der Waals surface area contributed by atoms with E-state index in [1.807, 2.05) is 30.3 Å². The molecule has 0 spiro atoms. The van der Waals surface area contributed by atoms with Crippen LogP contribution >= 0.6 is 7.60 Å². The van der Waals surface area contributed by atoms with Gasteiger partial charge in [0.1, 0.15) is 24.4 Å². The van der Waals surface area contributed by atoms with Crippen LogP contribution in [0.3, 0.4) is 0 Å². The minimum Gasteiger partial charge on any atom is -0.387 e. The number of rotatable bonds is 4. The number of aliphatic hydroxyl groups is 1. The summed E-state index contributed by atoms with van der Waals surface area (Å²) < 4.78 is 21.7. The van der Waals surface area contributed by atoms with Crippen molar-refractivity contribution in [2.45, 2.75) is 24.4 Å². The summed E-state index contributed by atoms with van der Waals surface area (Å²) in [6.07, 6.45) is -1.71. The first kappa shape index (κ1) is 15.4. The van der Waals surface area contributed by atoms with Gasteiger partial charge in [0.05, 0.1) is 0 Å². The van der Waals surface area contributed by atoms with E-state index < -0.39 is 32.0 Å². The van der Waals surface area contributed by atoms with Gasteiger partial charge in [-0.05, 0) is 11.6 Å². The average molecular weight is 300 g/mol. The molecule has 0 amide bonds. The molecule has 1 aliphatic rings. The monoisotopic (exact) mass is 300 g/mol. The first-order valence-corrected chi connectivity index (χ1v) is 7.76. The van der Waals surface area contributed by atoms with E-state index in [1.165, 1.54) is 13.2 Å². The molecule has 1 aromatic carbocycles. The summed E-state index contributed by atoms with van der Waals surface area (Å²) in [5, 5.41) is 10.1. The lowest BCUT2D eigenvalue weighted by Gasteiger charge is -2.18. The third kappa shape index (κ3) is 3.55. The minimum atomic E-state index is -4.28. The fourth-order valence-corrected chi connectivity index (χ4v) is 2.62. The Kier molecular flexibility index (Phi) is 4.75. The molecule has 0 aliphatic carbocycles. The Bertz CT molecular complexity index is 511. The van der Waals surface area contributed by atoms with Gasteiger partial charge in [0.15, 0.2) is 0 Å². The highest BCUT2D eigenvalue weighted by Gasteiger charge is 2.43. The maximum absolute atomic E-state index is 10.8. The van der Waals surface area contributed by atoms with Crippen molar-refractivity contribution in [3.63, 3.8) is 0 Å². The van der Waals surface area contributed by atoms with Gasteiger partial charge in [-0.15, -0.1) is 0 Å². The van der Waals surface area contributed by atoms with Crippen molar-refractivity contribution in [3.05, 3.63) is 47.8 Å². The molecule has 3 N–H and O–H groups in total. The van der Waals surface area contributed by atoms with E-state index in [4.69, 9.17) is 19.3 Å². The molecule has 0 bridgehead atoms. The van der Waals surface area contributed by atoms with Crippen LogP contribution in [-0.2, 0) is 14.0 Å². The number of ether oxygens (including phenoxy) is 2. The maximum atomic E-state index is 10.8. The number of methoxy groups -OCH3 is 1. The van der Waals surface area contributed by atoms with E-state index >= 15 is 0 Å². The molecule has 0 radical (unpaired) electrons. The zero-order valence-electron chi connectivity index (χ0n) is 10.9. The SMILES string of the molecule is CO[C@@H]1[C@H](O)[C@@H](/C=C/P(=O)(O)O)O[C@H]1c1ccccc1. The summed E-state index contributed by atoms with van der Waals surface area (Å²) in [7, 11) is -2.82. The Labute approximate surface area is 116 Å². The Balaban J connectivity index is 2.20. The highest BCUT2D eigenvalue weighted by Crippen LogP contribution is 2.40. The molecule has 110 valence electrons. The molecule has 1 aliphatic heterocycles. The zero-order valence-corrected chi connectivity index (χ0v) is 11.8. The first-order valence-electron chi connectivity index (χ1n) is 6.08. The largest absolute Gasteiger partial charge is 0.387 e. The topological polar surface area (TPSA) is 96.2 Å². The van der Waals surface area contributed by atoms with E-state index in [0.717, 1.165) is 11.4 Å².